The van der Waals surface area contributed by atoms with Gasteiger partial charge in [0.25, 0.3) is 0 Å². The van der Waals surface area contributed by atoms with Crippen molar-refractivity contribution in [1.29, 1.82) is 0 Å². The maximum atomic E-state index is 13.2. The highest BCUT2D eigenvalue weighted by Gasteiger charge is 2.33. The third-order valence-electron chi connectivity index (χ3n) is 5.93. The largest absolute Gasteiger partial charge is 0.417 e. The van der Waals surface area contributed by atoms with Gasteiger partial charge in [-0.15, -0.1) is 0 Å². The Bertz CT molecular complexity index is 1530. The van der Waals surface area contributed by atoms with E-state index in [1.165, 1.54) is 18.5 Å². The van der Waals surface area contributed by atoms with E-state index in [0.29, 0.717) is 23.1 Å². The summed E-state index contributed by atoms with van der Waals surface area (Å²) < 4.78 is 41.4. The molecular formula is C28H31ClF3N9. The van der Waals surface area contributed by atoms with Crippen LogP contribution in [0.25, 0.3) is 5.82 Å². The molecule has 216 valence electrons. The lowest BCUT2D eigenvalue weighted by Gasteiger charge is -2.17. The topological polar surface area (TPSA) is 95.0 Å². The molecule has 0 bridgehead atoms. The van der Waals surface area contributed by atoms with Gasteiger partial charge >= 0.3 is 6.18 Å². The highest BCUT2D eigenvalue weighted by atomic mass is 35.5. The minimum Gasteiger partial charge on any atom is -0.369 e. The van der Waals surface area contributed by atoms with Crippen LogP contribution >= 0.6 is 11.6 Å². The Morgan fingerprint density at radius 1 is 1.00 bits per heavy atom. The average Bonchev–Trinajstić information content (AvgIpc) is 3.26. The predicted molar refractivity (Wildman–Crippen MR) is 158 cm³/mol. The molecule has 2 aromatic heterocycles. The van der Waals surface area contributed by atoms with Gasteiger partial charge in [0, 0.05) is 42.3 Å². The molecule has 2 heterocycles. The summed E-state index contributed by atoms with van der Waals surface area (Å²) in [6.45, 7) is 9.33. The lowest BCUT2D eigenvalue weighted by molar-refractivity contribution is -0.137. The van der Waals surface area contributed by atoms with Crippen molar-refractivity contribution in [2.24, 2.45) is 0 Å². The second-order valence-corrected chi connectivity index (χ2v) is 10.1. The molecule has 0 aliphatic rings. The summed E-state index contributed by atoms with van der Waals surface area (Å²) in [6.07, 6.45) is -3.08. The molecule has 0 saturated heterocycles. The summed E-state index contributed by atoms with van der Waals surface area (Å²) in [6, 6.07) is 12.9. The van der Waals surface area contributed by atoms with E-state index in [1.54, 1.807) is 4.68 Å². The van der Waals surface area contributed by atoms with Crippen LogP contribution in [0, 0.1) is 13.8 Å². The number of hydrogen-bond acceptors (Lipinski definition) is 8. The molecular weight excluding hydrogens is 555 g/mol. The van der Waals surface area contributed by atoms with E-state index >= 15 is 0 Å². The molecule has 9 nitrogen and oxygen atoms in total. The fourth-order valence-corrected chi connectivity index (χ4v) is 4.13. The van der Waals surface area contributed by atoms with Crippen molar-refractivity contribution in [3.63, 3.8) is 0 Å². The number of rotatable bonds is 11. The first-order valence-electron chi connectivity index (χ1n) is 12.6. The van der Waals surface area contributed by atoms with E-state index in [1.807, 2.05) is 58.3 Å². The molecule has 4 N–H and O–H groups in total. The molecule has 0 aliphatic carbocycles. The van der Waals surface area contributed by atoms with Crippen LogP contribution in [0.4, 0.5) is 41.9 Å². The monoisotopic (exact) mass is 585 g/mol. The lowest BCUT2D eigenvalue weighted by Crippen LogP contribution is -2.21. The summed E-state index contributed by atoms with van der Waals surface area (Å²) in [5, 5.41) is 16.9. The highest BCUT2D eigenvalue weighted by Crippen LogP contribution is 2.36. The number of nitrogens with zero attached hydrogens (tertiary/aromatic N) is 5. The number of alkyl halides is 3. The average molecular weight is 586 g/mol. The summed E-state index contributed by atoms with van der Waals surface area (Å²) in [5.74, 6) is 2.26. The van der Waals surface area contributed by atoms with Crippen molar-refractivity contribution in [1.82, 2.24) is 24.6 Å². The second-order valence-electron chi connectivity index (χ2n) is 9.65. The summed E-state index contributed by atoms with van der Waals surface area (Å²) in [4.78, 5) is 10.8. The molecule has 0 aliphatic heterocycles. The molecule has 0 spiro atoms. The summed E-state index contributed by atoms with van der Waals surface area (Å²) in [5.41, 5.74) is 2.47. The van der Waals surface area contributed by atoms with Gasteiger partial charge in [0.1, 0.15) is 23.8 Å². The van der Waals surface area contributed by atoms with Crippen LogP contribution in [0.1, 0.15) is 16.8 Å². The Balaban J connectivity index is 1.50. The quantitative estimate of drug-likeness (QED) is 0.155. The van der Waals surface area contributed by atoms with Gasteiger partial charge in [-0.05, 0) is 63.8 Å². The molecule has 4 aromatic rings. The van der Waals surface area contributed by atoms with Crippen LogP contribution in [0.3, 0.4) is 0 Å². The smallest absolute Gasteiger partial charge is 0.369 e. The van der Waals surface area contributed by atoms with Gasteiger partial charge < -0.3 is 26.2 Å². The third-order valence-corrected chi connectivity index (χ3v) is 6.26. The molecule has 13 heteroatoms. The minimum atomic E-state index is -4.57. The Morgan fingerprint density at radius 2 is 1.71 bits per heavy atom. The molecule has 41 heavy (non-hydrogen) atoms. The van der Waals surface area contributed by atoms with Gasteiger partial charge in [-0.3, -0.25) is 0 Å². The zero-order valence-corrected chi connectivity index (χ0v) is 23.8. The number of anilines is 5. The van der Waals surface area contributed by atoms with Crippen molar-refractivity contribution in [2.45, 2.75) is 20.0 Å². The standard InChI is InChI=1S/C28H31ClF3N9/c1-17-6-7-21(37-19(3)36-20-8-9-23(29)22(13-20)28(30,31)32)14-24(17)38-27-12-18(2)39-41(27)26-15-25(34-16-35-26)33-10-11-40(4)5/h6-9,12-16,36-38H,3,10-11H2,1-2,4-5H3,(H,33,34,35). The molecule has 0 saturated carbocycles. The Morgan fingerprint density at radius 3 is 2.41 bits per heavy atom. The zero-order chi connectivity index (χ0) is 29.7. The second kappa shape index (κ2) is 12.5. The molecule has 0 fully saturated rings. The number of aromatic nitrogens is 4. The third kappa shape index (κ3) is 7.89. The Hall–Kier alpha value is -4.29. The van der Waals surface area contributed by atoms with E-state index in [9.17, 15) is 13.2 Å². The van der Waals surface area contributed by atoms with Crippen LogP contribution in [0.5, 0.6) is 0 Å². The van der Waals surface area contributed by atoms with Gasteiger partial charge in [0.15, 0.2) is 5.82 Å². The molecule has 0 unspecified atom stereocenters. The normalized spacial score (nSPS) is 11.4. The van der Waals surface area contributed by atoms with Crippen LogP contribution in [0.15, 0.2) is 67.3 Å². The predicted octanol–water partition coefficient (Wildman–Crippen LogP) is 6.66. The molecule has 4 rings (SSSR count). The summed E-state index contributed by atoms with van der Waals surface area (Å²) in [7, 11) is 4.01. The number of nitrogens with one attached hydrogen (secondary N) is 4. The van der Waals surface area contributed by atoms with E-state index in [2.05, 4.69) is 47.8 Å². The van der Waals surface area contributed by atoms with E-state index in [0.717, 1.165) is 36.1 Å². The van der Waals surface area contributed by atoms with Crippen LogP contribution < -0.4 is 21.3 Å². The first-order chi connectivity index (χ1) is 19.4. The van der Waals surface area contributed by atoms with Gasteiger partial charge in [-0.25, -0.2) is 9.97 Å². The first-order valence-corrected chi connectivity index (χ1v) is 13.0. The highest BCUT2D eigenvalue weighted by molar-refractivity contribution is 6.31. The van der Waals surface area contributed by atoms with E-state index in [-0.39, 0.29) is 16.5 Å². The van der Waals surface area contributed by atoms with Gasteiger partial charge in [-0.1, -0.05) is 24.2 Å². The SMILES string of the molecule is C=C(Nc1ccc(C)c(Nc2cc(C)nn2-c2cc(NCCN(C)C)ncn2)c1)Nc1ccc(Cl)c(C(F)(F)F)c1. The van der Waals surface area contributed by atoms with Crippen molar-refractivity contribution < 1.29 is 13.2 Å². The molecule has 2 aromatic carbocycles. The van der Waals surface area contributed by atoms with E-state index < -0.39 is 11.7 Å². The fourth-order valence-electron chi connectivity index (χ4n) is 3.90. The van der Waals surface area contributed by atoms with Crippen LogP contribution in [0.2, 0.25) is 5.02 Å². The Labute approximate surface area is 241 Å². The lowest BCUT2D eigenvalue weighted by atomic mass is 10.1. The fraction of sp³-hybridized carbons (Fsp3) is 0.250. The maximum absolute atomic E-state index is 13.2. The minimum absolute atomic E-state index is 0.199. The van der Waals surface area contributed by atoms with E-state index in [4.69, 9.17) is 11.6 Å². The number of hydrogen-bond donors (Lipinski definition) is 4. The number of aryl methyl sites for hydroxylation is 2. The Kier molecular flexibility index (Phi) is 9.04. The number of halogens is 4. The van der Waals surface area contributed by atoms with Crippen molar-refractivity contribution >= 4 is 40.3 Å². The van der Waals surface area contributed by atoms with Crippen LogP contribution in [-0.2, 0) is 6.18 Å². The van der Waals surface area contributed by atoms with Crippen molar-refractivity contribution in [2.75, 3.05) is 48.5 Å². The number of benzene rings is 2. The van der Waals surface area contributed by atoms with Crippen LogP contribution in [-0.4, -0.2) is 51.8 Å². The van der Waals surface area contributed by atoms with Crippen molar-refractivity contribution in [3.8, 4) is 5.82 Å². The maximum Gasteiger partial charge on any atom is 0.417 e. The van der Waals surface area contributed by atoms with Gasteiger partial charge in [0.2, 0.25) is 0 Å². The molecule has 0 atom stereocenters. The molecule has 0 amide bonds. The van der Waals surface area contributed by atoms with Crippen molar-refractivity contribution in [3.05, 3.63) is 89.1 Å². The van der Waals surface area contributed by atoms with Gasteiger partial charge in [-0.2, -0.15) is 23.0 Å². The van der Waals surface area contributed by atoms with Gasteiger partial charge in [0.05, 0.1) is 16.3 Å². The number of likely N-dealkylation sites (N-methyl/N-ethyl adjacent to an activating group) is 1. The first kappa shape index (κ1) is 29.7. The zero-order valence-electron chi connectivity index (χ0n) is 23.1. The summed E-state index contributed by atoms with van der Waals surface area (Å²) >= 11 is 5.73. The molecule has 0 radical (unpaired) electrons.